The summed E-state index contributed by atoms with van der Waals surface area (Å²) in [5, 5.41) is 0. The van der Waals surface area contributed by atoms with Gasteiger partial charge in [0.25, 0.3) is 5.82 Å². The van der Waals surface area contributed by atoms with Crippen LogP contribution in [0, 0.1) is 0 Å². The van der Waals surface area contributed by atoms with Gasteiger partial charge in [-0.05, 0) is 26.2 Å². The average molecular weight is 378 g/mol. The number of hydrogen-bond acceptors (Lipinski definition) is 0. The van der Waals surface area contributed by atoms with Gasteiger partial charge in [0.2, 0.25) is 0 Å². The van der Waals surface area contributed by atoms with Crippen LogP contribution in [0.15, 0.2) is 12.4 Å². The second kappa shape index (κ2) is 17.3. The molecule has 0 amide bonds. The maximum atomic E-state index is 2.51. The Morgan fingerprint density at radius 2 is 1.11 bits per heavy atom. The Hall–Kier alpha value is -0.790. The van der Waals surface area contributed by atoms with E-state index in [1.54, 1.807) is 5.82 Å². The normalized spacial score (nSPS) is 11.4. The van der Waals surface area contributed by atoms with Crippen molar-refractivity contribution in [3.05, 3.63) is 18.2 Å². The topological polar surface area (TPSA) is 8.81 Å². The van der Waals surface area contributed by atoms with Crippen molar-refractivity contribution < 1.29 is 4.57 Å². The molecule has 0 aliphatic carbocycles. The van der Waals surface area contributed by atoms with Gasteiger partial charge in [-0.15, -0.1) is 0 Å². The molecule has 0 radical (unpaired) electrons. The minimum atomic E-state index is 1.11. The molecule has 158 valence electrons. The van der Waals surface area contributed by atoms with Crippen molar-refractivity contribution in [1.29, 1.82) is 0 Å². The second-order valence-electron chi connectivity index (χ2n) is 8.39. The minimum absolute atomic E-state index is 1.11. The van der Waals surface area contributed by atoms with E-state index in [0.29, 0.717) is 0 Å². The molecule has 0 fully saturated rings. The van der Waals surface area contributed by atoms with Gasteiger partial charge in [0, 0.05) is 6.42 Å². The summed E-state index contributed by atoms with van der Waals surface area (Å²) < 4.78 is 4.96. The third kappa shape index (κ3) is 11.6. The lowest BCUT2D eigenvalue weighted by molar-refractivity contribution is -0.700. The summed E-state index contributed by atoms with van der Waals surface area (Å²) in [6.45, 7) is 9.16. The van der Waals surface area contributed by atoms with E-state index >= 15 is 0 Å². The Labute approximate surface area is 170 Å². The van der Waals surface area contributed by atoms with E-state index in [0.717, 1.165) is 6.54 Å². The fourth-order valence-corrected chi connectivity index (χ4v) is 4.11. The first-order chi connectivity index (χ1) is 13.3. The predicted octanol–water partition coefficient (Wildman–Crippen LogP) is 7.62. The van der Waals surface area contributed by atoms with Crippen molar-refractivity contribution in [2.75, 3.05) is 0 Å². The zero-order valence-electron chi connectivity index (χ0n) is 19.0. The predicted molar refractivity (Wildman–Crippen MR) is 119 cm³/mol. The van der Waals surface area contributed by atoms with Crippen LogP contribution in [0.5, 0.6) is 0 Å². The van der Waals surface area contributed by atoms with E-state index in [-0.39, 0.29) is 0 Å². The molecule has 0 aliphatic heterocycles. The highest BCUT2D eigenvalue weighted by atomic mass is 15.1. The first kappa shape index (κ1) is 24.2. The largest absolute Gasteiger partial charge is 0.256 e. The highest BCUT2D eigenvalue weighted by Gasteiger charge is 2.14. The first-order valence-corrected chi connectivity index (χ1v) is 12.4. The second-order valence-corrected chi connectivity index (χ2v) is 8.39. The number of rotatable bonds is 19. The molecule has 0 bridgehead atoms. The van der Waals surface area contributed by atoms with Crippen LogP contribution in [0.4, 0.5) is 0 Å². The molecule has 2 nitrogen and oxygen atoms in total. The molecule has 0 saturated heterocycles. The lowest BCUT2D eigenvalue weighted by Crippen LogP contribution is -2.36. The Kier molecular flexibility index (Phi) is 15.6. The Balaban J connectivity index is 2.04. The number of aryl methyl sites for hydroxylation is 2. The van der Waals surface area contributed by atoms with Crippen molar-refractivity contribution in [1.82, 2.24) is 4.57 Å². The number of imidazole rings is 1. The van der Waals surface area contributed by atoms with Crippen LogP contribution >= 0.6 is 0 Å². The van der Waals surface area contributed by atoms with Crippen LogP contribution in [-0.2, 0) is 19.5 Å². The molecular weight excluding hydrogens is 328 g/mol. The van der Waals surface area contributed by atoms with Gasteiger partial charge in [0.1, 0.15) is 12.4 Å². The number of hydrogen-bond donors (Lipinski definition) is 0. The number of nitrogens with zero attached hydrogens (tertiary/aromatic N) is 2. The van der Waals surface area contributed by atoms with Gasteiger partial charge < -0.3 is 0 Å². The van der Waals surface area contributed by atoms with Gasteiger partial charge in [0.15, 0.2) is 0 Å². The van der Waals surface area contributed by atoms with E-state index in [4.69, 9.17) is 0 Å². The zero-order chi connectivity index (χ0) is 19.6. The lowest BCUT2D eigenvalue weighted by atomic mass is 10.0. The van der Waals surface area contributed by atoms with Gasteiger partial charge in [-0.3, -0.25) is 0 Å². The van der Waals surface area contributed by atoms with Crippen LogP contribution in [0.1, 0.15) is 129 Å². The van der Waals surface area contributed by atoms with E-state index in [1.165, 1.54) is 116 Å². The Bertz CT molecular complexity index is 436. The molecule has 0 aliphatic rings. The highest BCUT2D eigenvalue weighted by molar-refractivity contribution is 4.84. The maximum Gasteiger partial charge on any atom is 0.256 e. The summed E-state index contributed by atoms with van der Waals surface area (Å²) in [5.74, 6) is 1.55. The Morgan fingerprint density at radius 3 is 1.63 bits per heavy atom. The third-order valence-corrected chi connectivity index (χ3v) is 5.94. The van der Waals surface area contributed by atoms with Gasteiger partial charge in [0.05, 0.1) is 13.1 Å². The molecule has 2 heteroatoms. The molecule has 0 saturated carbocycles. The van der Waals surface area contributed by atoms with Crippen LogP contribution in [0.2, 0.25) is 0 Å². The molecule has 0 atom stereocenters. The van der Waals surface area contributed by atoms with Gasteiger partial charge >= 0.3 is 0 Å². The Morgan fingerprint density at radius 1 is 0.630 bits per heavy atom. The van der Waals surface area contributed by atoms with Gasteiger partial charge in [-0.25, -0.2) is 9.13 Å². The maximum absolute atomic E-state index is 2.51. The van der Waals surface area contributed by atoms with Crippen molar-refractivity contribution in [3.8, 4) is 0 Å². The van der Waals surface area contributed by atoms with Crippen LogP contribution in [0.3, 0.4) is 0 Å². The SMILES string of the molecule is CCCCCCCCCCCCCCCc1n(CCCCC)cc[n+]1CC. The van der Waals surface area contributed by atoms with E-state index in [1.807, 2.05) is 0 Å². The molecule has 1 aromatic heterocycles. The standard InChI is InChI=1S/C25H49N2/c1-4-7-9-10-11-12-13-14-15-16-17-18-19-21-25-26(6-3)23-24-27(25)22-20-8-5-2/h23-24H,4-22H2,1-3H3/q+1. The smallest absolute Gasteiger partial charge is 0.235 e. The summed E-state index contributed by atoms with van der Waals surface area (Å²) in [6, 6.07) is 0. The summed E-state index contributed by atoms with van der Waals surface area (Å²) in [5.41, 5.74) is 0. The van der Waals surface area contributed by atoms with Crippen molar-refractivity contribution >= 4 is 0 Å². The van der Waals surface area contributed by atoms with Crippen molar-refractivity contribution in [2.24, 2.45) is 0 Å². The van der Waals surface area contributed by atoms with E-state index in [2.05, 4.69) is 42.3 Å². The van der Waals surface area contributed by atoms with Crippen LogP contribution in [-0.4, -0.2) is 4.57 Å². The molecule has 0 N–H and O–H groups in total. The van der Waals surface area contributed by atoms with E-state index in [9.17, 15) is 0 Å². The summed E-state index contributed by atoms with van der Waals surface area (Å²) in [4.78, 5) is 0. The van der Waals surface area contributed by atoms with Gasteiger partial charge in [-0.1, -0.05) is 97.3 Å². The quantitative estimate of drug-likeness (QED) is 0.173. The van der Waals surface area contributed by atoms with Crippen LogP contribution < -0.4 is 4.57 Å². The zero-order valence-corrected chi connectivity index (χ0v) is 19.0. The first-order valence-electron chi connectivity index (χ1n) is 12.4. The lowest BCUT2D eigenvalue weighted by Gasteiger charge is -2.05. The molecule has 1 heterocycles. The summed E-state index contributed by atoms with van der Waals surface area (Å²) in [6.07, 6.45) is 28.5. The number of aromatic nitrogens is 2. The average Bonchev–Trinajstić information content (AvgIpc) is 3.07. The summed E-state index contributed by atoms with van der Waals surface area (Å²) in [7, 11) is 0. The van der Waals surface area contributed by atoms with Crippen molar-refractivity contribution in [3.63, 3.8) is 0 Å². The molecule has 0 unspecified atom stereocenters. The monoisotopic (exact) mass is 377 g/mol. The molecule has 0 spiro atoms. The van der Waals surface area contributed by atoms with Gasteiger partial charge in [-0.2, -0.15) is 0 Å². The minimum Gasteiger partial charge on any atom is -0.235 e. The molecule has 0 aromatic carbocycles. The fourth-order valence-electron chi connectivity index (χ4n) is 4.11. The molecular formula is C25H49N2+. The van der Waals surface area contributed by atoms with E-state index < -0.39 is 0 Å². The van der Waals surface area contributed by atoms with Crippen molar-refractivity contribution in [2.45, 2.75) is 143 Å². The summed E-state index contributed by atoms with van der Waals surface area (Å²) >= 11 is 0. The number of unbranched alkanes of at least 4 members (excludes halogenated alkanes) is 14. The molecule has 27 heavy (non-hydrogen) atoms. The molecule has 1 aromatic rings. The third-order valence-electron chi connectivity index (χ3n) is 5.94. The molecule has 1 rings (SSSR count). The van der Waals surface area contributed by atoms with Crippen LogP contribution in [0.25, 0.3) is 0 Å². The highest BCUT2D eigenvalue weighted by Crippen LogP contribution is 2.13. The fraction of sp³-hybridized carbons (Fsp3) is 0.880.